The molecule has 0 saturated heterocycles. The highest BCUT2D eigenvalue weighted by Crippen LogP contribution is 2.41. The number of nitrogens with zero attached hydrogens (tertiary/aromatic N) is 1. The molecule has 0 aliphatic heterocycles. The van der Waals surface area contributed by atoms with Gasteiger partial charge in [-0.2, -0.15) is 0 Å². The summed E-state index contributed by atoms with van der Waals surface area (Å²) in [5.41, 5.74) is 0.216. The van der Waals surface area contributed by atoms with Gasteiger partial charge in [0.1, 0.15) is 5.56 Å². The zero-order chi connectivity index (χ0) is 15.5. The highest BCUT2D eigenvalue weighted by atomic mass is 16.6. The minimum atomic E-state index is -1.28. The first-order valence-corrected chi connectivity index (χ1v) is 7.23. The predicted molar refractivity (Wildman–Crippen MR) is 79.7 cm³/mol. The minimum Gasteiger partial charge on any atom is -0.477 e. The molecule has 2 rings (SSSR count). The molecular weight excluding hydrogens is 272 g/mol. The Morgan fingerprint density at radius 3 is 2.62 bits per heavy atom. The van der Waals surface area contributed by atoms with Gasteiger partial charge in [0.05, 0.1) is 4.92 Å². The van der Waals surface area contributed by atoms with Crippen LogP contribution in [0.1, 0.15) is 49.4 Å². The molecule has 0 bridgehead atoms. The molecule has 114 valence electrons. The van der Waals surface area contributed by atoms with Crippen LogP contribution in [0.5, 0.6) is 0 Å². The maximum atomic E-state index is 11.0. The molecule has 0 radical (unpaired) electrons. The van der Waals surface area contributed by atoms with Crippen molar-refractivity contribution in [1.29, 1.82) is 0 Å². The van der Waals surface area contributed by atoms with Gasteiger partial charge in [-0.3, -0.25) is 10.1 Å². The largest absolute Gasteiger partial charge is 0.477 e. The molecule has 1 aromatic carbocycles. The average Bonchev–Trinajstić information content (AvgIpc) is 2.94. The second-order valence-corrected chi connectivity index (χ2v) is 5.71. The number of nitro benzene ring substituents is 1. The number of benzene rings is 1. The van der Waals surface area contributed by atoms with E-state index >= 15 is 0 Å². The summed E-state index contributed by atoms with van der Waals surface area (Å²) in [7, 11) is 0. The lowest BCUT2D eigenvalue weighted by atomic mass is 9.83. The molecule has 6 nitrogen and oxygen atoms in total. The van der Waals surface area contributed by atoms with E-state index in [1.807, 2.05) is 0 Å². The number of hydrogen-bond acceptors (Lipinski definition) is 4. The number of aromatic carboxylic acids is 1. The molecule has 0 atom stereocenters. The van der Waals surface area contributed by atoms with Crippen molar-refractivity contribution in [3.05, 3.63) is 33.9 Å². The van der Waals surface area contributed by atoms with Crippen molar-refractivity contribution in [1.82, 2.24) is 0 Å². The zero-order valence-electron chi connectivity index (χ0n) is 12.1. The topological polar surface area (TPSA) is 92.5 Å². The third-order valence-electron chi connectivity index (χ3n) is 4.51. The molecule has 1 saturated carbocycles. The summed E-state index contributed by atoms with van der Waals surface area (Å²) in [5.74, 6) is -1.28. The van der Waals surface area contributed by atoms with Crippen molar-refractivity contribution in [3.8, 4) is 0 Å². The molecule has 21 heavy (non-hydrogen) atoms. The lowest BCUT2D eigenvalue weighted by molar-refractivity contribution is -0.385. The average molecular weight is 292 g/mol. The van der Waals surface area contributed by atoms with E-state index in [-0.39, 0.29) is 16.7 Å². The van der Waals surface area contributed by atoms with Gasteiger partial charge in [0.2, 0.25) is 0 Å². The van der Waals surface area contributed by atoms with Gasteiger partial charge in [0, 0.05) is 18.3 Å². The van der Waals surface area contributed by atoms with Crippen molar-refractivity contribution in [2.75, 3.05) is 11.9 Å². The van der Waals surface area contributed by atoms with Crippen molar-refractivity contribution in [2.45, 2.75) is 39.0 Å². The van der Waals surface area contributed by atoms with Gasteiger partial charge < -0.3 is 10.4 Å². The number of carbonyl (C=O) groups is 1. The summed E-state index contributed by atoms with van der Waals surface area (Å²) in [6, 6.07) is 4.19. The smallest absolute Gasteiger partial charge is 0.342 e. The number of rotatable bonds is 6. The molecule has 1 aliphatic carbocycles. The van der Waals surface area contributed by atoms with E-state index in [0.717, 1.165) is 13.0 Å². The van der Waals surface area contributed by atoms with E-state index in [1.165, 1.54) is 37.8 Å². The Hall–Kier alpha value is -2.11. The van der Waals surface area contributed by atoms with Crippen LogP contribution in [-0.4, -0.2) is 22.5 Å². The standard InChI is InChI=1S/C15H20N2O4/c1-2-15(7-3-4-8-15)10-16-11-5-6-12(14(18)19)13(9-11)17(20)21/h5-6,9,16H,2-4,7-8,10H2,1H3,(H,18,19). The minimum absolute atomic E-state index is 0.264. The number of nitro groups is 1. The summed E-state index contributed by atoms with van der Waals surface area (Å²) in [6.07, 6.45) is 5.88. The van der Waals surface area contributed by atoms with E-state index in [9.17, 15) is 14.9 Å². The van der Waals surface area contributed by atoms with Crippen LogP contribution in [0.4, 0.5) is 11.4 Å². The summed E-state index contributed by atoms with van der Waals surface area (Å²) in [4.78, 5) is 21.3. The number of nitrogens with one attached hydrogen (secondary N) is 1. The molecule has 0 aromatic heterocycles. The Bertz CT molecular complexity index is 551. The molecular formula is C15H20N2O4. The Kier molecular flexibility index (Phi) is 4.45. The monoisotopic (exact) mass is 292 g/mol. The maximum Gasteiger partial charge on any atom is 0.342 e. The van der Waals surface area contributed by atoms with Gasteiger partial charge in [-0.15, -0.1) is 0 Å². The van der Waals surface area contributed by atoms with Crippen LogP contribution >= 0.6 is 0 Å². The fraction of sp³-hybridized carbons (Fsp3) is 0.533. The van der Waals surface area contributed by atoms with Crippen LogP contribution in [-0.2, 0) is 0 Å². The van der Waals surface area contributed by atoms with Crippen LogP contribution in [0.15, 0.2) is 18.2 Å². The van der Waals surface area contributed by atoms with E-state index < -0.39 is 10.9 Å². The van der Waals surface area contributed by atoms with Crippen molar-refractivity contribution < 1.29 is 14.8 Å². The first kappa shape index (κ1) is 15.3. The Morgan fingerprint density at radius 1 is 1.43 bits per heavy atom. The van der Waals surface area contributed by atoms with Crippen LogP contribution in [0, 0.1) is 15.5 Å². The van der Waals surface area contributed by atoms with Gasteiger partial charge in [-0.1, -0.05) is 19.8 Å². The normalized spacial score (nSPS) is 16.6. The maximum absolute atomic E-state index is 11.0. The van der Waals surface area contributed by atoms with Gasteiger partial charge in [-0.25, -0.2) is 4.79 Å². The lowest BCUT2D eigenvalue weighted by Crippen LogP contribution is -2.25. The highest BCUT2D eigenvalue weighted by Gasteiger charge is 2.31. The molecule has 2 N–H and O–H groups in total. The van der Waals surface area contributed by atoms with Crippen molar-refractivity contribution >= 4 is 17.3 Å². The number of hydrogen-bond donors (Lipinski definition) is 2. The van der Waals surface area contributed by atoms with Crippen LogP contribution in [0.3, 0.4) is 0 Å². The van der Waals surface area contributed by atoms with E-state index in [4.69, 9.17) is 5.11 Å². The zero-order valence-corrected chi connectivity index (χ0v) is 12.1. The van der Waals surface area contributed by atoms with Crippen molar-refractivity contribution in [2.24, 2.45) is 5.41 Å². The SMILES string of the molecule is CCC1(CNc2ccc(C(=O)O)c([N+](=O)[O-])c2)CCCC1. The molecule has 0 heterocycles. The van der Waals surface area contributed by atoms with Crippen molar-refractivity contribution in [3.63, 3.8) is 0 Å². The first-order chi connectivity index (χ1) is 9.97. The Morgan fingerprint density at radius 2 is 2.10 bits per heavy atom. The predicted octanol–water partition coefficient (Wildman–Crippen LogP) is 3.68. The molecule has 1 fully saturated rings. The molecule has 1 aliphatic rings. The Labute approximate surface area is 123 Å². The summed E-state index contributed by atoms with van der Waals surface area (Å²) in [5, 5.41) is 23.2. The van der Waals surface area contributed by atoms with Crippen LogP contribution in [0.2, 0.25) is 0 Å². The van der Waals surface area contributed by atoms with Gasteiger partial charge in [-0.05, 0) is 36.8 Å². The number of anilines is 1. The van der Waals surface area contributed by atoms with Crippen LogP contribution < -0.4 is 5.32 Å². The summed E-state index contributed by atoms with van der Waals surface area (Å²) < 4.78 is 0. The number of carboxylic acids is 1. The second-order valence-electron chi connectivity index (χ2n) is 5.71. The fourth-order valence-corrected chi connectivity index (χ4v) is 3.04. The highest BCUT2D eigenvalue weighted by molar-refractivity contribution is 5.93. The number of carboxylic acid groups (broad SMARTS) is 1. The van der Waals surface area contributed by atoms with Gasteiger partial charge in [0.25, 0.3) is 5.69 Å². The third kappa shape index (κ3) is 3.32. The van der Waals surface area contributed by atoms with E-state index in [0.29, 0.717) is 5.69 Å². The summed E-state index contributed by atoms with van der Waals surface area (Å²) >= 11 is 0. The van der Waals surface area contributed by atoms with E-state index in [2.05, 4.69) is 12.2 Å². The Balaban J connectivity index is 2.15. The van der Waals surface area contributed by atoms with Crippen LogP contribution in [0.25, 0.3) is 0 Å². The molecule has 0 spiro atoms. The molecule has 0 unspecified atom stereocenters. The summed E-state index contributed by atoms with van der Waals surface area (Å²) in [6.45, 7) is 2.94. The molecule has 6 heteroatoms. The molecule has 1 aromatic rings. The molecule has 0 amide bonds. The fourth-order valence-electron chi connectivity index (χ4n) is 3.04. The lowest BCUT2D eigenvalue weighted by Gasteiger charge is -2.28. The van der Waals surface area contributed by atoms with E-state index in [1.54, 1.807) is 6.07 Å². The third-order valence-corrected chi connectivity index (χ3v) is 4.51. The quantitative estimate of drug-likeness (QED) is 0.616. The van der Waals surface area contributed by atoms with Gasteiger partial charge >= 0.3 is 5.97 Å². The first-order valence-electron chi connectivity index (χ1n) is 7.23. The van der Waals surface area contributed by atoms with Gasteiger partial charge in [0.15, 0.2) is 0 Å². The second kappa shape index (κ2) is 6.11.